The standard InChI is InChI=1S/C16H21NO5/c1-4-11-7-9-12(10-8-11)14(18)17-13(15(19)21-5-2)16(20)22-6-3/h7-10,13H,4-6H2,1-3H3,(H,17,18). The Kier molecular flexibility index (Phi) is 7.08. The lowest BCUT2D eigenvalue weighted by molar-refractivity contribution is -0.157. The van der Waals surface area contributed by atoms with Gasteiger partial charge in [0.25, 0.3) is 5.91 Å². The number of hydrogen-bond acceptors (Lipinski definition) is 5. The van der Waals surface area contributed by atoms with Crippen LogP contribution >= 0.6 is 0 Å². The van der Waals surface area contributed by atoms with Crippen molar-refractivity contribution < 1.29 is 23.9 Å². The zero-order valence-electron chi connectivity index (χ0n) is 13.0. The summed E-state index contributed by atoms with van der Waals surface area (Å²) in [6.07, 6.45) is 0.857. The molecular formula is C16H21NO5. The molecule has 0 bridgehead atoms. The summed E-state index contributed by atoms with van der Waals surface area (Å²) in [6.45, 7) is 5.45. The fourth-order valence-electron chi connectivity index (χ4n) is 1.77. The van der Waals surface area contributed by atoms with Crippen molar-refractivity contribution in [2.45, 2.75) is 33.2 Å². The van der Waals surface area contributed by atoms with E-state index in [1.54, 1.807) is 26.0 Å². The van der Waals surface area contributed by atoms with E-state index in [-0.39, 0.29) is 13.2 Å². The second-order valence-electron chi connectivity index (χ2n) is 4.46. The van der Waals surface area contributed by atoms with E-state index < -0.39 is 23.9 Å². The Morgan fingerprint density at radius 1 is 0.955 bits per heavy atom. The van der Waals surface area contributed by atoms with Gasteiger partial charge in [-0.25, -0.2) is 9.59 Å². The van der Waals surface area contributed by atoms with E-state index in [0.29, 0.717) is 5.56 Å². The molecule has 22 heavy (non-hydrogen) atoms. The molecule has 1 aromatic carbocycles. The second-order valence-corrected chi connectivity index (χ2v) is 4.46. The summed E-state index contributed by atoms with van der Waals surface area (Å²) >= 11 is 0. The summed E-state index contributed by atoms with van der Waals surface area (Å²) in [7, 11) is 0. The number of ether oxygens (including phenoxy) is 2. The number of amides is 1. The largest absolute Gasteiger partial charge is 0.464 e. The van der Waals surface area contributed by atoms with Crippen LogP contribution in [0.3, 0.4) is 0 Å². The second kappa shape index (κ2) is 8.81. The number of hydrogen-bond donors (Lipinski definition) is 1. The number of rotatable bonds is 7. The molecule has 120 valence electrons. The van der Waals surface area contributed by atoms with Gasteiger partial charge < -0.3 is 14.8 Å². The van der Waals surface area contributed by atoms with Crippen LogP contribution < -0.4 is 5.32 Å². The molecule has 0 atom stereocenters. The van der Waals surface area contributed by atoms with Gasteiger partial charge in [0.1, 0.15) is 0 Å². The van der Waals surface area contributed by atoms with Crippen molar-refractivity contribution in [1.82, 2.24) is 5.32 Å². The van der Waals surface area contributed by atoms with Crippen LogP contribution in [0.1, 0.15) is 36.7 Å². The van der Waals surface area contributed by atoms with E-state index in [0.717, 1.165) is 12.0 Å². The maximum absolute atomic E-state index is 12.1. The van der Waals surface area contributed by atoms with Gasteiger partial charge in [-0.2, -0.15) is 0 Å². The molecule has 0 aliphatic carbocycles. The third-order valence-corrected chi connectivity index (χ3v) is 2.94. The molecule has 0 aliphatic rings. The molecule has 0 spiro atoms. The Bertz CT molecular complexity index is 506. The highest BCUT2D eigenvalue weighted by Crippen LogP contribution is 2.06. The summed E-state index contributed by atoms with van der Waals surface area (Å²) in [5, 5.41) is 2.35. The van der Waals surface area contributed by atoms with E-state index in [1.807, 2.05) is 19.1 Å². The fourth-order valence-corrected chi connectivity index (χ4v) is 1.77. The van der Waals surface area contributed by atoms with Crippen LogP contribution in [-0.2, 0) is 25.5 Å². The molecule has 0 saturated heterocycles. The summed E-state index contributed by atoms with van der Waals surface area (Å²) in [4.78, 5) is 35.7. The Morgan fingerprint density at radius 2 is 1.45 bits per heavy atom. The van der Waals surface area contributed by atoms with Crippen LogP contribution in [0.5, 0.6) is 0 Å². The van der Waals surface area contributed by atoms with Gasteiger partial charge in [-0.1, -0.05) is 19.1 Å². The minimum atomic E-state index is -1.46. The van der Waals surface area contributed by atoms with Gasteiger partial charge in [-0.05, 0) is 38.0 Å². The molecule has 6 heteroatoms. The number of carbonyl (C=O) groups is 3. The number of aryl methyl sites for hydroxylation is 1. The van der Waals surface area contributed by atoms with E-state index in [2.05, 4.69) is 5.32 Å². The Labute approximate surface area is 129 Å². The van der Waals surface area contributed by atoms with Crippen molar-refractivity contribution in [2.24, 2.45) is 0 Å². The lowest BCUT2D eigenvalue weighted by atomic mass is 10.1. The van der Waals surface area contributed by atoms with Crippen molar-refractivity contribution in [3.63, 3.8) is 0 Å². The Hall–Kier alpha value is -2.37. The van der Waals surface area contributed by atoms with Crippen LogP contribution in [0.4, 0.5) is 0 Å². The average molecular weight is 307 g/mol. The van der Waals surface area contributed by atoms with Crippen molar-refractivity contribution in [3.8, 4) is 0 Å². The third kappa shape index (κ3) is 4.87. The van der Waals surface area contributed by atoms with Crippen LogP contribution in [0.15, 0.2) is 24.3 Å². The molecule has 0 saturated carbocycles. The van der Waals surface area contributed by atoms with Gasteiger partial charge in [0.05, 0.1) is 13.2 Å². The maximum Gasteiger partial charge on any atom is 0.340 e. The molecule has 6 nitrogen and oxygen atoms in total. The highest BCUT2D eigenvalue weighted by Gasteiger charge is 2.31. The van der Waals surface area contributed by atoms with Gasteiger partial charge >= 0.3 is 11.9 Å². The van der Waals surface area contributed by atoms with Gasteiger partial charge in [0, 0.05) is 5.56 Å². The topological polar surface area (TPSA) is 81.7 Å². The summed E-state index contributed by atoms with van der Waals surface area (Å²) < 4.78 is 9.58. The zero-order chi connectivity index (χ0) is 16.5. The van der Waals surface area contributed by atoms with Crippen molar-refractivity contribution >= 4 is 17.8 Å². The molecule has 1 rings (SSSR count). The Morgan fingerprint density at radius 3 is 1.86 bits per heavy atom. The first-order chi connectivity index (χ1) is 10.5. The summed E-state index contributed by atoms with van der Waals surface area (Å²) in [6, 6.07) is 5.46. The number of esters is 2. The molecule has 1 amide bonds. The van der Waals surface area contributed by atoms with E-state index in [4.69, 9.17) is 9.47 Å². The molecule has 0 heterocycles. The lowest BCUT2D eigenvalue weighted by Crippen LogP contribution is -2.48. The predicted molar refractivity (Wildman–Crippen MR) is 80.3 cm³/mol. The molecule has 0 aliphatic heterocycles. The smallest absolute Gasteiger partial charge is 0.340 e. The quantitative estimate of drug-likeness (QED) is 0.609. The fraction of sp³-hybridized carbons (Fsp3) is 0.438. The number of carbonyl (C=O) groups excluding carboxylic acids is 3. The summed E-state index contributed by atoms with van der Waals surface area (Å²) in [5.41, 5.74) is 1.44. The minimum absolute atomic E-state index is 0.107. The van der Waals surface area contributed by atoms with Crippen molar-refractivity contribution in [1.29, 1.82) is 0 Å². The summed E-state index contributed by atoms with van der Waals surface area (Å²) in [5.74, 6) is -2.20. The van der Waals surface area contributed by atoms with Gasteiger partial charge in [0.2, 0.25) is 6.04 Å². The predicted octanol–water partition coefficient (Wildman–Crippen LogP) is 1.47. The van der Waals surface area contributed by atoms with E-state index in [9.17, 15) is 14.4 Å². The first-order valence-electron chi connectivity index (χ1n) is 7.26. The van der Waals surface area contributed by atoms with Gasteiger partial charge in [-0.3, -0.25) is 4.79 Å². The molecule has 0 unspecified atom stereocenters. The third-order valence-electron chi connectivity index (χ3n) is 2.94. The van der Waals surface area contributed by atoms with Gasteiger partial charge in [-0.15, -0.1) is 0 Å². The SMILES string of the molecule is CCOC(=O)C(NC(=O)c1ccc(CC)cc1)C(=O)OCC. The molecule has 0 fully saturated rings. The highest BCUT2D eigenvalue weighted by molar-refractivity contribution is 6.05. The van der Waals surface area contributed by atoms with E-state index >= 15 is 0 Å². The Balaban J connectivity index is 2.84. The monoisotopic (exact) mass is 307 g/mol. The molecule has 0 aromatic heterocycles. The van der Waals surface area contributed by atoms with Gasteiger partial charge in [0.15, 0.2) is 0 Å². The first-order valence-corrected chi connectivity index (χ1v) is 7.26. The van der Waals surface area contributed by atoms with Crippen LogP contribution in [0, 0.1) is 0 Å². The van der Waals surface area contributed by atoms with Crippen LogP contribution in [0.25, 0.3) is 0 Å². The minimum Gasteiger partial charge on any atom is -0.464 e. The maximum atomic E-state index is 12.1. The average Bonchev–Trinajstić information content (AvgIpc) is 2.52. The number of benzene rings is 1. The molecule has 1 aromatic rings. The molecule has 0 radical (unpaired) electrons. The normalized spacial score (nSPS) is 10.2. The zero-order valence-corrected chi connectivity index (χ0v) is 13.0. The first kappa shape index (κ1) is 17.7. The molecular weight excluding hydrogens is 286 g/mol. The van der Waals surface area contributed by atoms with Crippen LogP contribution in [0.2, 0.25) is 0 Å². The highest BCUT2D eigenvalue weighted by atomic mass is 16.6. The van der Waals surface area contributed by atoms with Crippen molar-refractivity contribution in [3.05, 3.63) is 35.4 Å². The van der Waals surface area contributed by atoms with E-state index in [1.165, 1.54) is 0 Å². The molecule has 1 N–H and O–H groups in total. The lowest BCUT2D eigenvalue weighted by Gasteiger charge is -2.16. The van der Waals surface area contributed by atoms with Crippen molar-refractivity contribution in [2.75, 3.05) is 13.2 Å². The van der Waals surface area contributed by atoms with Crippen LogP contribution in [-0.4, -0.2) is 37.1 Å². The number of nitrogens with one attached hydrogen (secondary N) is 1.